The molecule has 1 aliphatic heterocycles. The summed E-state index contributed by atoms with van der Waals surface area (Å²) in [5, 5.41) is 3.50. The molecule has 5 nitrogen and oxygen atoms in total. The highest BCUT2D eigenvalue weighted by Gasteiger charge is 2.29. The highest BCUT2D eigenvalue weighted by Crippen LogP contribution is 2.26. The first-order valence-electron chi connectivity index (χ1n) is 7.53. The lowest BCUT2D eigenvalue weighted by Crippen LogP contribution is -2.48. The van der Waals surface area contributed by atoms with Crippen molar-refractivity contribution in [3.8, 4) is 0 Å². The third kappa shape index (κ3) is 3.69. The Kier molecular flexibility index (Phi) is 5.76. The van der Waals surface area contributed by atoms with Gasteiger partial charge in [-0.3, -0.25) is 9.88 Å². The molecule has 1 aromatic heterocycles. The molecule has 0 spiro atoms. The quantitative estimate of drug-likeness (QED) is 0.824. The molecule has 20 heavy (non-hydrogen) atoms. The van der Waals surface area contributed by atoms with Crippen molar-refractivity contribution in [2.24, 2.45) is 0 Å². The summed E-state index contributed by atoms with van der Waals surface area (Å²) in [5.41, 5.74) is 7.92. The molecular formula is C15H26N4O. The van der Waals surface area contributed by atoms with Gasteiger partial charge in [-0.2, -0.15) is 0 Å². The third-order valence-electron chi connectivity index (χ3n) is 3.74. The molecule has 3 N–H and O–H groups in total. The molecule has 1 saturated heterocycles. The average molecular weight is 278 g/mol. The summed E-state index contributed by atoms with van der Waals surface area (Å²) < 4.78 is 5.99. The zero-order chi connectivity index (χ0) is 14.4. The van der Waals surface area contributed by atoms with E-state index in [1.807, 2.05) is 12.3 Å². The first kappa shape index (κ1) is 15.2. The molecule has 0 radical (unpaired) electrons. The van der Waals surface area contributed by atoms with Crippen molar-refractivity contribution in [2.75, 3.05) is 38.5 Å². The van der Waals surface area contributed by atoms with Crippen LogP contribution < -0.4 is 11.1 Å². The van der Waals surface area contributed by atoms with Gasteiger partial charge in [0, 0.05) is 36.7 Å². The van der Waals surface area contributed by atoms with Crippen LogP contribution in [0.4, 0.5) is 5.69 Å². The number of nitrogens with one attached hydrogen (secondary N) is 1. The van der Waals surface area contributed by atoms with Crippen molar-refractivity contribution in [1.29, 1.82) is 0 Å². The topological polar surface area (TPSA) is 63.4 Å². The van der Waals surface area contributed by atoms with Crippen molar-refractivity contribution in [3.05, 3.63) is 24.0 Å². The first-order chi connectivity index (χ1) is 9.76. The molecule has 2 atom stereocenters. The van der Waals surface area contributed by atoms with Crippen LogP contribution in [0.1, 0.15) is 31.9 Å². The van der Waals surface area contributed by atoms with Crippen molar-refractivity contribution in [2.45, 2.75) is 32.4 Å². The normalized spacial score (nSPS) is 21.8. The van der Waals surface area contributed by atoms with E-state index < -0.39 is 0 Å². The summed E-state index contributed by atoms with van der Waals surface area (Å²) >= 11 is 0. The van der Waals surface area contributed by atoms with Crippen LogP contribution >= 0.6 is 0 Å². The number of nitrogens with two attached hydrogens (primary N) is 1. The molecule has 0 aliphatic carbocycles. The molecule has 0 aromatic carbocycles. The zero-order valence-electron chi connectivity index (χ0n) is 12.5. The molecule has 0 amide bonds. The number of ether oxygens (including phenoxy) is 1. The van der Waals surface area contributed by atoms with Gasteiger partial charge < -0.3 is 15.8 Å². The van der Waals surface area contributed by atoms with Crippen LogP contribution in [0.15, 0.2) is 18.5 Å². The maximum Gasteiger partial charge on any atom is 0.0898 e. The van der Waals surface area contributed by atoms with Gasteiger partial charge in [0.15, 0.2) is 0 Å². The molecule has 2 unspecified atom stereocenters. The van der Waals surface area contributed by atoms with Crippen LogP contribution in [0.5, 0.6) is 0 Å². The molecular weight excluding hydrogens is 252 g/mol. The van der Waals surface area contributed by atoms with E-state index in [1.165, 1.54) is 6.42 Å². The minimum Gasteiger partial charge on any atom is -0.398 e. The largest absolute Gasteiger partial charge is 0.398 e. The summed E-state index contributed by atoms with van der Waals surface area (Å²) in [4.78, 5) is 6.67. The molecule has 1 aliphatic rings. The average Bonchev–Trinajstić information content (AvgIpc) is 2.46. The van der Waals surface area contributed by atoms with Crippen LogP contribution in [-0.2, 0) is 4.74 Å². The standard InChI is InChI=1S/C15H26N4O/c1-3-7-19-8-9-20-14(11-19)15(18-4-2)12-10-17-6-5-13(12)16/h5-6,10,14-15,18H,3-4,7-9,11H2,1-2H3,(H2,16,17). The van der Waals surface area contributed by atoms with Crippen molar-refractivity contribution >= 4 is 5.69 Å². The van der Waals surface area contributed by atoms with Crippen LogP contribution in [0.3, 0.4) is 0 Å². The highest BCUT2D eigenvalue weighted by atomic mass is 16.5. The maximum atomic E-state index is 6.10. The molecule has 5 heteroatoms. The summed E-state index contributed by atoms with van der Waals surface area (Å²) in [6.45, 7) is 9.07. The van der Waals surface area contributed by atoms with Gasteiger partial charge in [-0.1, -0.05) is 13.8 Å². The lowest BCUT2D eigenvalue weighted by Gasteiger charge is -2.37. The van der Waals surface area contributed by atoms with Crippen molar-refractivity contribution < 1.29 is 4.74 Å². The highest BCUT2D eigenvalue weighted by molar-refractivity contribution is 5.46. The van der Waals surface area contributed by atoms with E-state index in [-0.39, 0.29) is 12.1 Å². The van der Waals surface area contributed by atoms with Crippen molar-refractivity contribution in [1.82, 2.24) is 15.2 Å². The van der Waals surface area contributed by atoms with Gasteiger partial charge in [-0.25, -0.2) is 0 Å². The lowest BCUT2D eigenvalue weighted by atomic mass is 10.00. The SMILES string of the molecule is CCCN1CCOC(C(NCC)c2cnccc2N)C1. The number of nitrogens with zero attached hydrogens (tertiary/aromatic N) is 2. The Balaban J connectivity index is 2.13. The van der Waals surface area contributed by atoms with E-state index in [1.54, 1.807) is 6.20 Å². The zero-order valence-corrected chi connectivity index (χ0v) is 12.5. The van der Waals surface area contributed by atoms with E-state index >= 15 is 0 Å². The number of rotatable bonds is 6. The van der Waals surface area contributed by atoms with Crippen LogP contribution in [-0.4, -0.2) is 48.8 Å². The Labute approximate surface area is 121 Å². The number of aromatic nitrogens is 1. The smallest absolute Gasteiger partial charge is 0.0898 e. The van der Waals surface area contributed by atoms with Crippen LogP contribution in [0.2, 0.25) is 0 Å². The number of hydrogen-bond acceptors (Lipinski definition) is 5. The number of morpholine rings is 1. The second kappa shape index (κ2) is 7.57. The van der Waals surface area contributed by atoms with E-state index in [2.05, 4.69) is 29.0 Å². The summed E-state index contributed by atoms with van der Waals surface area (Å²) in [6.07, 6.45) is 4.88. The second-order valence-electron chi connectivity index (χ2n) is 5.25. The fourth-order valence-electron chi connectivity index (χ4n) is 2.79. The second-order valence-corrected chi connectivity index (χ2v) is 5.25. The van der Waals surface area contributed by atoms with E-state index in [4.69, 9.17) is 10.5 Å². The predicted molar refractivity (Wildman–Crippen MR) is 81.5 cm³/mol. The predicted octanol–water partition coefficient (Wildman–Crippen LogP) is 1.43. The minimum atomic E-state index is 0.105. The van der Waals surface area contributed by atoms with Gasteiger partial charge in [0.25, 0.3) is 0 Å². The molecule has 0 bridgehead atoms. The first-order valence-corrected chi connectivity index (χ1v) is 7.53. The summed E-state index contributed by atoms with van der Waals surface area (Å²) in [5.74, 6) is 0. The van der Waals surface area contributed by atoms with Gasteiger partial charge in [0.05, 0.1) is 18.8 Å². The Hall–Kier alpha value is -1.17. The van der Waals surface area contributed by atoms with E-state index in [0.29, 0.717) is 0 Å². The van der Waals surface area contributed by atoms with E-state index in [0.717, 1.165) is 44.0 Å². The minimum absolute atomic E-state index is 0.105. The van der Waals surface area contributed by atoms with Gasteiger partial charge in [-0.05, 0) is 25.6 Å². The Morgan fingerprint density at radius 2 is 2.40 bits per heavy atom. The Morgan fingerprint density at radius 3 is 3.10 bits per heavy atom. The summed E-state index contributed by atoms with van der Waals surface area (Å²) in [7, 11) is 0. The van der Waals surface area contributed by atoms with Crippen LogP contribution in [0.25, 0.3) is 0 Å². The lowest BCUT2D eigenvalue weighted by molar-refractivity contribution is -0.0467. The molecule has 112 valence electrons. The summed E-state index contributed by atoms with van der Waals surface area (Å²) in [6, 6.07) is 1.96. The number of anilines is 1. The third-order valence-corrected chi connectivity index (χ3v) is 3.74. The number of nitrogen functional groups attached to an aromatic ring is 1. The van der Waals surface area contributed by atoms with Crippen molar-refractivity contribution in [3.63, 3.8) is 0 Å². The fourth-order valence-corrected chi connectivity index (χ4v) is 2.79. The van der Waals surface area contributed by atoms with Gasteiger partial charge in [-0.15, -0.1) is 0 Å². The number of likely N-dealkylation sites (N-methyl/N-ethyl adjacent to an activating group) is 1. The molecule has 2 rings (SSSR count). The molecule has 1 aromatic rings. The number of pyridine rings is 1. The van der Waals surface area contributed by atoms with Gasteiger partial charge in [0.2, 0.25) is 0 Å². The molecule has 2 heterocycles. The van der Waals surface area contributed by atoms with Gasteiger partial charge >= 0.3 is 0 Å². The maximum absolute atomic E-state index is 6.10. The van der Waals surface area contributed by atoms with Gasteiger partial charge in [0.1, 0.15) is 0 Å². The fraction of sp³-hybridized carbons (Fsp3) is 0.667. The Morgan fingerprint density at radius 1 is 1.55 bits per heavy atom. The Bertz CT molecular complexity index is 411. The number of hydrogen-bond donors (Lipinski definition) is 2. The van der Waals surface area contributed by atoms with Crippen LogP contribution in [0, 0.1) is 0 Å². The van der Waals surface area contributed by atoms with E-state index in [9.17, 15) is 0 Å². The monoisotopic (exact) mass is 278 g/mol. The molecule has 1 fully saturated rings. The molecule has 0 saturated carbocycles.